The third kappa shape index (κ3) is 3.61. The molecule has 0 fully saturated rings. The Morgan fingerprint density at radius 2 is 1.95 bits per heavy atom. The molecule has 0 bridgehead atoms. The minimum absolute atomic E-state index is 0.101. The number of hydrogen-bond donors (Lipinski definition) is 1. The molecule has 1 aromatic heterocycles. The van der Waals surface area contributed by atoms with Crippen LogP contribution < -0.4 is 0 Å². The van der Waals surface area contributed by atoms with E-state index in [-0.39, 0.29) is 28.0 Å². The van der Waals surface area contributed by atoms with Gasteiger partial charge in [-0.2, -0.15) is 16.1 Å². The van der Waals surface area contributed by atoms with Crippen molar-refractivity contribution in [3.63, 3.8) is 0 Å². The van der Waals surface area contributed by atoms with Gasteiger partial charge in [0.05, 0.1) is 0 Å². The fourth-order valence-electron chi connectivity index (χ4n) is 2.07. The maximum Gasteiger partial charge on any atom is 0.340 e. The number of rotatable bonds is 7. The summed E-state index contributed by atoms with van der Waals surface area (Å²) in [6.45, 7) is 4.72. The molecule has 1 heterocycles. The van der Waals surface area contributed by atoms with E-state index in [0.29, 0.717) is 6.42 Å². The van der Waals surface area contributed by atoms with Crippen LogP contribution in [0, 0.1) is 13.8 Å². The van der Waals surface area contributed by atoms with E-state index in [2.05, 4.69) is 0 Å². The molecule has 1 aromatic rings. The summed E-state index contributed by atoms with van der Waals surface area (Å²) in [5.41, 5.74) is -0.281. The zero-order valence-corrected chi connectivity index (χ0v) is 14.5. The number of carboxylic acid groups (broad SMARTS) is 1. The van der Waals surface area contributed by atoms with Gasteiger partial charge in [0, 0.05) is 13.1 Å². The van der Waals surface area contributed by atoms with Crippen molar-refractivity contribution in [1.82, 2.24) is 4.31 Å². The Hall–Kier alpha value is -0.990. The van der Waals surface area contributed by atoms with Crippen molar-refractivity contribution in [2.24, 2.45) is 0 Å². The molecule has 0 saturated carbocycles. The number of furan rings is 1. The molecular weight excluding hydrogens is 314 g/mol. The van der Waals surface area contributed by atoms with Crippen molar-refractivity contribution in [3.05, 3.63) is 17.1 Å². The number of thioether (sulfide) groups is 1. The normalized spacial score (nSPS) is 13.6. The van der Waals surface area contributed by atoms with Gasteiger partial charge in [0.2, 0.25) is 10.0 Å². The highest BCUT2D eigenvalue weighted by molar-refractivity contribution is 7.98. The lowest BCUT2D eigenvalue weighted by Crippen LogP contribution is -2.36. The first-order chi connectivity index (χ1) is 9.64. The van der Waals surface area contributed by atoms with E-state index in [1.165, 1.54) is 25.2 Å². The molecule has 1 rings (SSSR count). The lowest BCUT2D eigenvalue weighted by atomic mass is 10.2. The van der Waals surface area contributed by atoms with Gasteiger partial charge in [0.15, 0.2) is 0 Å². The smallest absolute Gasteiger partial charge is 0.340 e. The maximum absolute atomic E-state index is 12.7. The van der Waals surface area contributed by atoms with Crippen molar-refractivity contribution < 1.29 is 22.7 Å². The largest absolute Gasteiger partial charge is 0.478 e. The van der Waals surface area contributed by atoms with Crippen molar-refractivity contribution in [1.29, 1.82) is 0 Å². The van der Waals surface area contributed by atoms with E-state index in [1.54, 1.807) is 18.7 Å². The van der Waals surface area contributed by atoms with Crippen LogP contribution in [-0.4, -0.2) is 48.9 Å². The van der Waals surface area contributed by atoms with Crippen LogP contribution >= 0.6 is 11.8 Å². The highest BCUT2D eigenvalue weighted by Gasteiger charge is 2.35. The summed E-state index contributed by atoms with van der Waals surface area (Å²) in [5.74, 6) is -0.262. The van der Waals surface area contributed by atoms with E-state index >= 15 is 0 Å². The SMILES string of the molecule is CSCCC(C)N(C)S(=O)(=O)c1c(C)oc(C)c1C(=O)O. The summed E-state index contributed by atoms with van der Waals surface area (Å²) in [6.07, 6.45) is 2.64. The van der Waals surface area contributed by atoms with Crippen LogP contribution in [0.3, 0.4) is 0 Å². The molecule has 0 aliphatic carbocycles. The van der Waals surface area contributed by atoms with Gasteiger partial charge in [0.1, 0.15) is 22.0 Å². The zero-order valence-electron chi connectivity index (χ0n) is 12.8. The van der Waals surface area contributed by atoms with E-state index in [1.807, 2.05) is 6.26 Å². The standard InChI is InChI=1S/C13H21NO5S2/c1-8(6-7-20-5)14(4)21(17,18)12-10(3)19-9(2)11(12)13(15)16/h8H,6-7H2,1-5H3,(H,15,16). The molecule has 120 valence electrons. The zero-order chi connectivity index (χ0) is 16.4. The Bertz CT molecular complexity index is 621. The fraction of sp³-hybridized carbons (Fsp3) is 0.615. The molecule has 0 radical (unpaired) electrons. The molecule has 21 heavy (non-hydrogen) atoms. The van der Waals surface area contributed by atoms with Crippen LogP contribution in [0.25, 0.3) is 0 Å². The topological polar surface area (TPSA) is 87.8 Å². The number of sulfonamides is 1. The van der Waals surface area contributed by atoms with Crippen LogP contribution in [0.2, 0.25) is 0 Å². The quantitative estimate of drug-likeness (QED) is 0.823. The van der Waals surface area contributed by atoms with E-state index < -0.39 is 16.0 Å². The molecule has 0 aromatic carbocycles. The Labute approximate surface area is 129 Å². The third-order valence-corrected chi connectivity index (χ3v) is 6.19. The predicted octanol–water partition coefficient (Wildman–Crippen LogP) is 2.36. The predicted molar refractivity (Wildman–Crippen MR) is 82.6 cm³/mol. The Balaban J connectivity index is 3.28. The van der Waals surface area contributed by atoms with E-state index in [9.17, 15) is 18.3 Å². The van der Waals surface area contributed by atoms with Gasteiger partial charge in [-0.1, -0.05) is 0 Å². The highest BCUT2D eigenvalue weighted by Crippen LogP contribution is 2.30. The molecule has 0 amide bonds. The summed E-state index contributed by atoms with van der Waals surface area (Å²) in [5, 5.41) is 9.24. The molecule has 1 N–H and O–H groups in total. The first-order valence-electron chi connectivity index (χ1n) is 6.44. The summed E-state index contributed by atoms with van der Waals surface area (Å²) < 4.78 is 31.8. The van der Waals surface area contributed by atoms with Crippen molar-refractivity contribution in [2.75, 3.05) is 19.1 Å². The summed E-state index contributed by atoms with van der Waals surface area (Å²) in [6, 6.07) is -0.223. The van der Waals surface area contributed by atoms with Gasteiger partial charge < -0.3 is 9.52 Å². The van der Waals surface area contributed by atoms with Gasteiger partial charge in [-0.25, -0.2) is 13.2 Å². The minimum Gasteiger partial charge on any atom is -0.478 e. The molecule has 0 saturated heterocycles. The summed E-state index contributed by atoms with van der Waals surface area (Å²) in [4.78, 5) is 11.1. The number of nitrogens with zero attached hydrogens (tertiary/aromatic N) is 1. The second-order valence-corrected chi connectivity index (χ2v) is 7.80. The van der Waals surface area contributed by atoms with E-state index in [0.717, 1.165) is 5.75 Å². The summed E-state index contributed by atoms with van der Waals surface area (Å²) >= 11 is 1.63. The van der Waals surface area contributed by atoms with Crippen LogP contribution in [0.5, 0.6) is 0 Å². The fourth-order valence-corrected chi connectivity index (χ4v) is 4.41. The van der Waals surface area contributed by atoms with Crippen molar-refractivity contribution in [2.45, 2.75) is 38.1 Å². The van der Waals surface area contributed by atoms with Gasteiger partial charge in [-0.05, 0) is 39.2 Å². The third-order valence-electron chi connectivity index (χ3n) is 3.42. The molecule has 1 atom stereocenters. The lowest BCUT2D eigenvalue weighted by Gasteiger charge is -2.24. The Morgan fingerprint density at radius 3 is 2.43 bits per heavy atom. The van der Waals surface area contributed by atoms with Gasteiger partial charge in [-0.3, -0.25) is 0 Å². The van der Waals surface area contributed by atoms with Crippen LogP contribution in [0.4, 0.5) is 0 Å². The van der Waals surface area contributed by atoms with E-state index in [4.69, 9.17) is 4.42 Å². The molecule has 0 aliphatic rings. The van der Waals surface area contributed by atoms with Gasteiger partial charge in [0.25, 0.3) is 0 Å². The Morgan fingerprint density at radius 1 is 1.38 bits per heavy atom. The molecule has 0 spiro atoms. The Kier molecular flexibility index (Phi) is 5.89. The first-order valence-corrected chi connectivity index (χ1v) is 9.28. The number of carbonyl (C=O) groups is 1. The molecule has 1 unspecified atom stereocenters. The van der Waals surface area contributed by atoms with Crippen LogP contribution in [-0.2, 0) is 10.0 Å². The van der Waals surface area contributed by atoms with Crippen molar-refractivity contribution >= 4 is 27.8 Å². The van der Waals surface area contributed by atoms with Crippen molar-refractivity contribution in [3.8, 4) is 0 Å². The number of carboxylic acids is 1. The van der Waals surface area contributed by atoms with Crippen LogP contribution in [0.1, 0.15) is 35.2 Å². The summed E-state index contributed by atoms with van der Waals surface area (Å²) in [7, 11) is -2.44. The average molecular weight is 335 g/mol. The number of hydrogen-bond acceptors (Lipinski definition) is 5. The van der Waals surface area contributed by atoms with Gasteiger partial charge in [-0.15, -0.1) is 0 Å². The first kappa shape index (κ1) is 18.1. The lowest BCUT2D eigenvalue weighted by molar-refractivity contribution is 0.0691. The highest BCUT2D eigenvalue weighted by atomic mass is 32.2. The molecule has 6 nitrogen and oxygen atoms in total. The second kappa shape index (κ2) is 6.85. The average Bonchev–Trinajstić information content (AvgIpc) is 2.70. The molecule has 0 aliphatic heterocycles. The second-order valence-electron chi connectivity index (χ2n) is 4.88. The monoisotopic (exact) mass is 335 g/mol. The number of aromatic carboxylic acids is 1. The van der Waals surface area contributed by atoms with Crippen LogP contribution in [0.15, 0.2) is 9.31 Å². The molecular formula is C13H21NO5S2. The maximum atomic E-state index is 12.7. The number of aryl methyl sites for hydroxylation is 2. The minimum atomic E-state index is -3.90. The molecule has 8 heteroatoms. The van der Waals surface area contributed by atoms with Gasteiger partial charge >= 0.3 is 5.97 Å².